The molecule has 1 aromatic carbocycles. The zero-order valence-electron chi connectivity index (χ0n) is 12.0. The minimum Gasteiger partial charge on any atom is -0.379 e. The van der Waals surface area contributed by atoms with E-state index in [0.29, 0.717) is 0 Å². The van der Waals surface area contributed by atoms with E-state index in [4.69, 9.17) is 0 Å². The molecule has 0 aliphatic carbocycles. The fourth-order valence-corrected chi connectivity index (χ4v) is 2.14. The van der Waals surface area contributed by atoms with Crippen molar-refractivity contribution in [3.05, 3.63) is 35.9 Å². The lowest BCUT2D eigenvalue weighted by atomic mass is 9.91. The second-order valence-corrected chi connectivity index (χ2v) is 5.64. The van der Waals surface area contributed by atoms with Gasteiger partial charge in [0.2, 0.25) is 0 Å². The van der Waals surface area contributed by atoms with Gasteiger partial charge in [-0.3, -0.25) is 0 Å². The van der Waals surface area contributed by atoms with E-state index < -0.39 is 18.3 Å². The number of halogens is 3. The highest BCUT2D eigenvalue weighted by atomic mass is 19.4. The van der Waals surface area contributed by atoms with Gasteiger partial charge in [-0.2, -0.15) is 13.2 Å². The van der Waals surface area contributed by atoms with Gasteiger partial charge in [-0.05, 0) is 24.8 Å². The van der Waals surface area contributed by atoms with Crippen molar-refractivity contribution in [1.82, 2.24) is 5.32 Å². The van der Waals surface area contributed by atoms with Crippen LogP contribution < -0.4 is 5.32 Å². The Morgan fingerprint density at radius 3 is 2.10 bits per heavy atom. The lowest BCUT2D eigenvalue weighted by molar-refractivity contribution is -0.263. The SMILES string of the molecule is CC(C)CC(O)(CNC(C)c1ccccc1)C(F)(F)F. The summed E-state index contributed by atoms with van der Waals surface area (Å²) in [5, 5.41) is 12.7. The van der Waals surface area contributed by atoms with E-state index >= 15 is 0 Å². The van der Waals surface area contributed by atoms with E-state index in [0.717, 1.165) is 5.56 Å². The van der Waals surface area contributed by atoms with Crippen LogP contribution in [0.5, 0.6) is 0 Å². The molecule has 114 valence electrons. The van der Waals surface area contributed by atoms with E-state index in [9.17, 15) is 18.3 Å². The monoisotopic (exact) mass is 289 g/mol. The van der Waals surface area contributed by atoms with Gasteiger partial charge in [-0.15, -0.1) is 0 Å². The van der Waals surface area contributed by atoms with Crippen molar-refractivity contribution in [2.75, 3.05) is 6.54 Å². The fourth-order valence-electron chi connectivity index (χ4n) is 2.14. The van der Waals surface area contributed by atoms with E-state index in [1.54, 1.807) is 20.8 Å². The molecule has 0 fully saturated rings. The standard InChI is InChI=1S/C15H22F3NO/c1-11(2)9-14(20,15(16,17)18)10-19-12(3)13-7-5-4-6-8-13/h4-8,11-12,19-20H,9-10H2,1-3H3. The Labute approximate surface area is 118 Å². The quantitative estimate of drug-likeness (QED) is 0.837. The van der Waals surface area contributed by atoms with Gasteiger partial charge >= 0.3 is 6.18 Å². The molecule has 1 aromatic rings. The van der Waals surface area contributed by atoms with Crippen molar-refractivity contribution in [2.24, 2.45) is 5.92 Å². The molecule has 2 atom stereocenters. The van der Waals surface area contributed by atoms with Crippen molar-refractivity contribution in [3.63, 3.8) is 0 Å². The second kappa shape index (κ2) is 6.59. The maximum atomic E-state index is 13.0. The molecular formula is C15H22F3NO. The number of hydrogen-bond donors (Lipinski definition) is 2. The van der Waals surface area contributed by atoms with Gasteiger partial charge in [0.25, 0.3) is 0 Å². The molecule has 0 spiro atoms. The molecule has 0 aliphatic heterocycles. The van der Waals surface area contributed by atoms with Crippen molar-refractivity contribution in [2.45, 2.75) is 45.0 Å². The summed E-state index contributed by atoms with van der Waals surface area (Å²) >= 11 is 0. The first kappa shape index (κ1) is 17.0. The van der Waals surface area contributed by atoms with E-state index in [1.165, 1.54) is 0 Å². The predicted molar refractivity (Wildman–Crippen MR) is 73.3 cm³/mol. The molecule has 0 bridgehead atoms. The van der Waals surface area contributed by atoms with Crippen LogP contribution in [0.25, 0.3) is 0 Å². The van der Waals surface area contributed by atoms with Gasteiger partial charge in [0.05, 0.1) is 0 Å². The summed E-state index contributed by atoms with van der Waals surface area (Å²) in [6, 6.07) is 8.94. The van der Waals surface area contributed by atoms with Crippen LogP contribution in [0.4, 0.5) is 13.2 Å². The highest BCUT2D eigenvalue weighted by Crippen LogP contribution is 2.35. The molecule has 5 heteroatoms. The summed E-state index contributed by atoms with van der Waals surface area (Å²) in [7, 11) is 0. The summed E-state index contributed by atoms with van der Waals surface area (Å²) in [6.45, 7) is 4.60. The van der Waals surface area contributed by atoms with Crippen LogP contribution in [-0.4, -0.2) is 23.4 Å². The molecule has 0 amide bonds. The van der Waals surface area contributed by atoms with Gasteiger partial charge in [0.1, 0.15) is 0 Å². The lowest BCUT2D eigenvalue weighted by Crippen LogP contribution is -2.53. The minimum absolute atomic E-state index is 0.240. The molecule has 0 saturated carbocycles. The number of alkyl halides is 3. The summed E-state index contributed by atoms with van der Waals surface area (Å²) in [6.07, 6.45) is -4.95. The van der Waals surface area contributed by atoms with Crippen LogP contribution in [0.1, 0.15) is 38.8 Å². The summed E-state index contributed by atoms with van der Waals surface area (Å²) < 4.78 is 39.1. The van der Waals surface area contributed by atoms with Crippen LogP contribution in [0.2, 0.25) is 0 Å². The van der Waals surface area contributed by atoms with Gasteiger partial charge in [0.15, 0.2) is 5.60 Å². The van der Waals surface area contributed by atoms with Crippen LogP contribution in [0.3, 0.4) is 0 Å². The number of hydrogen-bond acceptors (Lipinski definition) is 2. The molecule has 1 rings (SSSR count). The second-order valence-electron chi connectivity index (χ2n) is 5.64. The van der Waals surface area contributed by atoms with Crippen molar-refractivity contribution in [1.29, 1.82) is 0 Å². The molecule has 0 heterocycles. The average molecular weight is 289 g/mol. The molecule has 0 saturated heterocycles. The molecule has 0 radical (unpaired) electrons. The van der Waals surface area contributed by atoms with E-state index in [1.807, 2.05) is 30.3 Å². The van der Waals surface area contributed by atoms with Gasteiger partial charge in [-0.1, -0.05) is 44.2 Å². The Balaban J connectivity index is 2.72. The van der Waals surface area contributed by atoms with E-state index in [-0.39, 0.29) is 18.4 Å². The predicted octanol–water partition coefficient (Wildman–Crippen LogP) is 3.68. The first-order valence-corrected chi connectivity index (χ1v) is 6.73. The maximum absolute atomic E-state index is 13.0. The van der Waals surface area contributed by atoms with Crippen LogP contribution >= 0.6 is 0 Å². The third-order valence-corrected chi connectivity index (χ3v) is 3.27. The first-order chi connectivity index (χ1) is 9.16. The molecule has 2 nitrogen and oxygen atoms in total. The number of rotatable bonds is 6. The number of benzene rings is 1. The minimum atomic E-state index is -4.64. The number of aliphatic hydroxyl groups is 1. The maximum Gasteiger partial charge on any atom is 0.418 e. The zero-order valence-corrected chi connectivity index (χ0v) is 12.0. The summed E-state index contributed by atoms with van der Waals surface area (Å²) in [5.41, 5.74) is -1.80. The lowest BCUT2D eigenvalue weighted by Gasteiger charge is -2.33. The molecule has 0 aliphatic rings. The Kier molecular flexibility index (Phi) is 5.59. The van der Waals surface area contributed by atoms with Crippen molar-refractivity contribution in [3.8, 4) is 0 Å². The smallest absolute Gasteiger partial charge is 0.379 e. The first-order valence-electron chi connectivity index (χ1n) is 6.73. The molecule has 2 unspecified atom stereocenters. The Bertz CT molecular complexity index is 405. The fraction of sp³-hybridized carbons (Fsp3) is 0.600. The van der Waals surface area contributed by atoms with Crippen LogP contribution in [0.15, 0.2) is 30.3 Å². The van der Waals surface area contributed by atoms with Crippen molar-refractivity contribution >= 4 is 0 Å². The van der Waals surface area contributed by atoms with Crippen molar-refractivity contribution < 1.29 is 18.3 Å². The molecule has 0 aromatic heterocycles. The summed E-state index contributed by atoms with van der Waals surface area (Å²) in [4.78, 5) is 0. The van der Waals surface area contributed by atoms with Crippen LogP contribution in [0, 0.1) is 5.92 Å². The zero-order chi connectivity index (χ0) is 15.4. The Hall–Kier alpha value is -1.07. The van der Waals surface area contributed by atoms with Crippen LogP contribution in [-0.2, 0) is 0 Å². The average Bonchev–Trinajstić information content (AvgIpc) is 2.35. The van der Waals surface area contributed by atoms with Gasteiger partial charge in [0, 0.05) is 12.6 Å². The largest absolute Gasteiger partial charge is 0.418 e. The molecular weight excluding hydrogens is 267 g/mol. The highest BCUT2D eigenvalue weighted by molar-refractivity contribution is 5.18. The Morgan fingerprint density at radius 2 is 1.65 bits per heavy atom. The van der Waals surface area contributed by atoms with Gasteiger partial charge in [-0.25, -0.2) is 0 Å². The third kappa shape index (κ3) is 4.49. The molecule has 20 heavy (non-hydrogen) atoms. The Morgan fingerprint density at radius 1 is 1.10 bits per heavy atom. The molecule has 2 N–H and O–H groups in total. The third-order valence-electron chi connectivity index (χ3n) is 3.27. The van der Waals surface area contributed by atoms with E-state index in [2.05, 4.69) is 5.32 Å². The topological polar surface area (TPSA) is 32.3 Å². The highest BCUT2D eigenvalue weighted by Gasteiger charge is 2.53. The van der Waals surface area contributed by atoms with Gasteiger partial charge < -0.3 is 10.4 Å². The number of nitrogens with one attached hydrogen (secondary N) is 1. The summed E-state index contributed by atoms with van der Waals surface area (Å²) in [5.74, 6) is -0.240. The normalized spacial score (nSPS) is 17.0.